The molecule has 0 radical (unpaired) electrons. The summed E-state index contributed by atoms with van der Waals surface area (Å²) in [6.45, 7) is 1.40. The van der Waals surface area contributed by atoms with Crippen LogP contribution < -0.4 is 0 Å². The molecule has 0 aliphatic carbocycles. The molecule has 1 atom stereocenters. The minimum atomic E-state index is -2.06. The number of rotatable bonds is 6. The van der Waals surface area contributed by atoms with Crippen molar-refractivity contribution in [3.63, 3.8) is 0 Å². The quantitative estimate of drug-likeness (QED) is 0.264. The molecule has 0 amide bonds. The first-order valence-electron chi connectivity index (χ1n) is 5.45. The number of benzene rings is 1. The van der Waals surface area contributed by atoms with Crippen LogP contribution in [0.2, 0.25) is 10.0 Å². The van der Waals surface area contributed by atoms with E-state index in [1.807, 2.05) is 0 Å². The minimum absolute atomic E-state index is 0.0483. The van der Waals surface area contributed by atoms with Crippen molar-refractivity contribution in [1.82, 2.24) is 0 Å². The average Bonchev–Trinajstić information content (AvgIpc) is 2.39. The van der Waals surface area contributed by atoms with Gasteiger partial charge < -0.3 is 4.74 Å². The second kappa shape index (κ2) is 7.12. The normalized spacial score (nSPS) is 11.6. The van der Waals surface area contributed by atoms with Crippen LogP contribution in [0, 0.1) is 4.91 Å². The van der Waals surface area contributed by atoms with Gasteiger partial charge in [0.1, 0.15) is 0 Å². The number of nitroso groups, excluding NO2 is 1. The molecule has 0 saturated carbocycles. The van der Waals surface area contributed by atoms with Gasteiger partial charge in [-0.2, -0.15) is 0 Å². The number of ether oxygens (including phenoxy) is 1. The summed E-state index contributed by atoms with van der Waals surface area (Å²) in [4.78, 5) is 45.7. The molecule has 106 valence electrons. The Bertz CT molecular complexity index is 553. The molecule has 1 unspecified atom stereocenters. The van der Waals surface area contributed by atoms with E-state index in [0.29, 0.717) is 0 Å². The van der Waals surface area contributed by atoms with Gasteiger partial charge in [0.2, 0.25) is 11.8 Å². The van der Waals surface area contributed by atoms with E-state index in [9.17, 15) is 19.3 Å². The van der Waals surface area contributed by atoms with Gasteiger partial charge in [-0.1, -0.05) is 29.3 Å². The predicted molar refractivity (Wildman–Crippen MR) is 72.0 cm³/mol. The van der Waals surface area contributed by atoms with Crippen LogP contribution in [0.15, 0.2) is 23.4 Å². The molecule has 0 aromatic heterocycles. The van der Waals surface area contributed by atoms with Crippen molar-refractivity contribution >= 4 is 40.7 Å². The number of carbonyl (C=O) groups is 3. The molecule has 0 aliphatic heterocycles. The fraction of sp³-hybridized carbons (Fsp3) is 0.250. The van der Waals surface area contributed by atoms with Gasteiger partial charge in [0.05, 0.1) is 22.2 Å². The monoisotopic (exact) mass is 317 g/mol. The van der Waals surface area contributed by atoms with Gasteiger partial charge in [-0.25, -0.2) is 4.79 Å². The van der Waals surface area contributed by atoms with Crippen molar-refractivity contribution in [3.05, 3.63) is 38.7 Å². The predicted octanol–water partition coefficient (Wildman–Crippen LogP) is 2.44. The first kappa shape index (κ1) is 16.3. The Balaban J connectivity index is 3.13. The summed E-state index contributed by atoms with van der Waals surface area (Å²) < 4.78 is 4.43. The van der Waals surface area contributed by atoms with E-state index >= 15 is 0 Å². The molecular weight excluding hydrogens is 309 g/mol. The van der Waals surface area contributed by atoms with Crippen molar-refractivity contribution in [2.75, 3.05) is 6.61 Å². The largest absolute Gasteiger partial charge is 0.460 e. The molecular formula is C12H9Cl2NO5. The van der Waals surface area contributed by atoms with Crippen LogP contribution >= 0.6 is 23.2 Å². The maximum atomic E-state index is 12.1. The van der Waals surface area contributed by atoms with Gasteiger partial charge in [-0.3, -0.25) is 9.59 Å². The Hall–Kier alpha value is -1.79. The van der Waals surface area contributed by atoms with Crippen molar-refractivity contribution < 1.29 is 19.1 Å². The highest BCUT2D eigenvalue weighted by atomic mass is 35.5. The lowest BCUT2D eigenvalue weighted by atomic mass is 10.0. The zero-order valence-electron chi connectivity index (χ0n) is 10.3. The smallest absolute Gasteiger partial charge is 0.377 e. The third-order valence-electron chi connectivity index (χ3n) is 2.29. The Morgan fingerprint density at radius 1 is 1.25 bits per heavy atom. The van der Waals surface area contributed by atoms with Crippen LogP contribution in [0.4, 0.5) is 0 Å². The number of hydrogen-bond acceptors (Lipinski definition) is 6. The van der Waals surface area contributed by atoms with Crippen LogP contribution in [-0.4, -0.2) is 30.2 Å². The number of halogens is 2. The summed E-state index contributed by atoms with van der Waals surface area (Å²) in [5.41, 5.74) is -0.238. The Morgan fingerprint density at radius 2 is 1.80 bits per heavy atom. The number of hydrogen-bond donors (Lipinski definition) is 0. The van der Waals surface area contributed by atoms with E-state index in [1.54, 1.807) is 0 Å². The summed E-state index contributed by atoms with van der Waals surface area (Å²) in [6, 6.07) is 2.14. The Kier molecular flexibility index (Phi) is 5.79. The Morgan fingerprint density at radius 3 is 2.25 bits per heavy atom. The molecule has 0 spiro atoms. The van der Waals surface area contributed by atoms with Gasteiger partial charge in [0, 0.05) is 0 Å². The van der Waals surface area contributed by atoms with E-state index in [-0.39, 0.29) is 22.2 Å². The molecule has 0 aliphatic rings. The van der Waals surface area contributed by atoms with Gasteiger partial charge >= 0.3 is 5.97 Å². The van der Waals surface area contributed by atoms with Crippen LogP contribution in [0.25, 0.3) is 0 Å². The number of ketones is 2. The first-order valence-corrected chi connectivity index (χ1v) is 6.21. The van der Waals surface area contributed by atoms with E-state index < -0.39 is 23.6 Å². The zero-order valence-corrected chi connectivity index (χ0v) is 11.8. The third-order valence-corrected chi connectivity index (χ3v) is 2.92. The summed E-state index contributed by atoms with van der Waals surface area (Å²) >= 11 is 11.6. The highest BCUT2D eigenvalue weighted by Gasteiger charge is 2.36. The fourth-order valence-corrected chi connectivity index (χ4v) is 1.98. The molecule has 1 aromatic rings. The lowest BCUT2D eigenvalue weighted by Gasteiger charge is -2.09. The molecule has 1 aromatic carbocycles. The topological polar surface area (TPSA) is 89.9 Å². The van der Waals surface area contributed by atoms with Crippen LogP contribution in [0.5, 0.6) is 0 Å². The number of Topliss-reactive ketones (excluding diaryl/α,β-unsaturated/α-hetero) is 2. The zero-order chi connectivity index (χ0) is 15.3. The van der Waals surface area contributed by atoms with Gasteiger partial charge in [-0.15, -0.1) is 4.91 Å². The second-order valence-corrected chi connectivity index (χ2v) is 4.37. The number of carbonyl (C=O) groups excluding carboxylic acids is 3. The highest BCUT2D eigenvalue weighted by molar-refractivity contribution is 6.45. The number of nitrogens with zero attached hydrogens (tertiary/aromatic N) is 1. The average molecular weight is 318 g/mol. The molecule has 0 bridgehead atoms. The van der Waals surface area contributed by atoms with Crippen LogP contribution in [0.1, 0.15) is 17.3 Å². The third kappa shape index (κ3) is 3.40. The van der Waals surface area contributed by atoms with Crippen molar-refractivity contribution in [2.45, 2.75) is 13.0 Å². The summed E-state index contributed by atoms with van der Waals surface area (Å²) in [5.74, 6) is -3.72. The van der Waals surface area contributed by atoms with Crippen LogP contribution in [-0.2, 0) is 14.3 Å². The summed E-state index contributed by atoms with van der Waals surface area (Å²) in [7, 11) is 0. The fourth-order valence-electron chi connectivity index (χ4n) is 1.40. The first-order chi connectivity index (χ1) is 9.43. The molecule has 8 heteroatoms. The van der Waals surface area contributed by atoms with E-state index in [0.717, 1.165) is 0 Å². The maximum Gasteiger partial charge on any atom is 0.377 e. The molecule has 0 N–H and O–H groups in total. The highest BCUT2D eigenvalue weighted by Crippen LogP contribution is 2.26. The minimum Gasteiger partial charge on any atom is -0.460 e. The van der Waals surface area contributed by atoms with E-state index in [2.05, 4.69) is 9.91 Å². The summed E-state index contributed by atoms with van der Waals surface area (Å²) in [6.07, 6.45) is 0. The second-order valence-electron chi connectivity index (χ2n) is 3.55. The molecule has 0 heterocycles. The SMILES string of the molecule is CCOC(=O)C(=O)C(N=O)C(=O)c1c(Cl)cccc1Cl. The Labute approximate surface area is 124 Å². The number of esters is 1. The molecule has 0 saturated heterocycles. The molecule has 6 nitrogen and oxygen atoms in total. The van der Waals surface area contributed by atoms with Crippen molar-refractivity contribution in [1.29, 1.82) is 0 Å². The molecule has 0 fully saturated rings. The van der Waals surface area contributed by atoms with Crippen molar-refractivity contribution in [2.24, 2.45) is 5.18 Å². The molecule has 1 rings (SSSR count). The van der Waals surface area contributed by atoms with E-state index in [4.69, 9.17) is 23.2 Å². The maximum absolute atomic E-state index is 12.1. The standard InChI is InChI=1S/C12H9Cl2NO5/c1-2-20-12(18)11(17)9(15-19)10(16)8-6(13)4-3-5-7(8)14/h3-5,9H,2H2,1H3. The van der Waals surface area contributed by atoms with Crippen LogP contribution in [0.3, 0.4) is 0 Å². The van der Waals surface area contributed by atoms with Crippen molar-refractivity contribution in [3.8, 4) is 0 Å². The lowest BCUT2D eigenvalue weighted by Crippen LogP contribution is -2.35. The molecule has 20 heavy (non-hydrogen) atoms. The summed E-state index contributed by atoms with van der Waals surface area (Å²) in [5, 5.41) is 2.29. The van der Waals surface area contributed by atoms with E-state index in [1.165, 1.54) is 25.1 Å². The lowest BCUT2D eigenvalue weighted by molar-refractivity contribution is -0.153. The van der Waals surface area contributed by atoms with Gasteiger partial charge in [0.15, 0.2) is 0 Å². The van der Waals surface area contributed by atoms with Gasteiger partial charge in [0.25, 0.3) is 5.78 Å². The van der Waals surface area contributed by atoms with Gasteiger partial charge in [-0.05, 0) is 24.2 Å².